The van der Waals surface area contributed by atoms with Crippen LogP contribution in [0.5, 0.6) is 5.75 Å². The number of nitrogens with one attached hydrogen (secondary N) is 2. The maximum Gasteiger partial charge on any atom is 0.318 e. The molecule has 0 radical (unpaired) electrons. The lowest BCUT2D eigenvalue weighted by atomic mass is 10.2. The molecular weight excluding hydrogens is 262 g/mol. The maximum absolute atomic E-state index is 11.3. The molecule has 7 heteroatoms. The molecule has 0 atom stereocenters. The molecule has 110 valence electrons. The molecule has 3 amide bonds. The third kappa shape index (κ3) is 6.17. The number of benzene rings is 1. The van der Waals surface area contributed by atoms with E-state index in [1.165, 1.54) is 0 Å². The van der Waals surface area contributed by atoms with Gasteiger partial charge in [0.1, 0.15) is 5.75 Å². The zero-order valence-electron chi connectivity index (χ0n) is 11.3. The number of para-hydroxylation sites is 1. The number of rotatable bonds is 8. The minimum atomic E-state index is -0.895. The Morgan fingerprint density at radius 2 is 2.05 bits per heavy atom. The Hall–Kier alpha value is -2.12. The molecule has 1 aromatic carbocycles. The van der Waals surface area contributed by atoms with Crippen LogP contribution in [0.4, 0.5) is 4.79 Å². The Morgan fingerprint density at radius 1 is 1.30 bits per heavy atom. The minimum absolute atomic E-state index is 0.266. The van der Waals surface area contributed by atoms with E-state index >= 15 is 0 Å². The Bertz CT molecular complexity index is 451. The molecule has 4 N–H and O–H groups in total. The highest BCUT2D eigenvalue weighted by molar-refractivity contribution is 5.94. The first kappa shape index (κ1) is 15.9. The van der Waals surface area contributed by atoms with Crippen molar-refractivity contribution in [2.24, 2.45) is 5.73 Å². The van der Waals surface area contributed by atoms with Gasteiger partial charge in [0.05, 0.1) is 6.61 Å². The van der Waals surface area contributed by atoms with E-state index in [0.29, 0.717) is 25.4 Å². The monoisotopic (exact) mass is 281 g/mol. The number of amides is 3. The second-order valence-electron chi connectivity index (χ2n) is 3.98. The lowest BCUT2D eigenvalue weighted by Gasteiger charge is -2.11. The van der Waals surface area contributed by atoms with Gasteiger partial charge in [0, 0.05) is 25.8 Å². The molecule has 0 aliphatic carbocycles. The normalized spacial score (nSPS) is 10.1. The summed E-state index contributed by atoms with van der Waals surface area (Å²) < 4.78 is 10.3. The zero-order chi connectivity index (χ0) is 14.8. The molecule has 0 saturated heterocycles. The second-order valence-corrected chi connectivity index (χ2v) is 3.98. The number of nitrogens with two attached hydrogens (primary N) is 1. The number of carbonyl (C=O) groups excluding carboxylic acids is 2. The highest BCUT2D eigenvalue weighted by Crippen LogP contribution is 2.17. The molecule has 0 spiro atoms. The van der Waals surface area contributed by atoms with Gasteiger partial charge in [-0.2, -0.15) is 0 Å². The van der Waals surface area contributed by atoms with Crippen LogP contribution in [0.3, 0.4) is 0 Å². The van der Waals surface area contributed by atoms with Crippen LogP contribution in [-0.4, -0.2) is 38.8 Å². The van der Waals surface area contributed by atoms with Crippen molar-refractivity contribution in [1.29, 1.82) is 0 Å². The molecule has 1 aromatic rings. The van der Waals surface area contributed by atoms with Gasteiger partial charge in [-0.05, 0) is 6.07 Å². The largest absolute Gasteiger partial charge is 0.483 e. The summed E-state index contributed by atoms with van der Waals surface area (Å²) in [6.45, 7) is 1.66. The third-order valence-electron chi connectivity index (χ3n) is 2.39. The molecule has 0 heterocycles. The van der Waals surface area contributed by atoms with Crippen LogP contribution >= 0.6 is 0 Å². The Labute approximate surface area is 117 Å². The van der Waals surface area contributed by atoms with Gasteiger partial charge in [-0.1, -0.05) is 18.2 Å². The number of primary amides is 1. The van der Waals surface area contributed by atoms with E-state index in [0.717, 1.165) is 5.56 Å². The first-order valence-electron chi connectivity index (χ1n) is 6.13. The predicted octanol–water partition coefficient (Wildman–Crippen LogP) is -0.00370. The molecule has 20 heavy (non-hydrogen) atoms. The Kier molecular flexibility index (Phi) is 7.08. The SMILES string of the molecule is COCCNCc1ccccc1OCC(=O)NC(N)=O. The van der Waals surface area contributed by atoms with E-state index in [4.69, 9.17) is 15.2 Å². The van der Waals surface area contributed by atoms with Crippen molar-refractivity contribution >= 4 is 11.9 Å². The maximum atomic E-state index is 11.3. The van der Waals surface area contributed by atoms with Gasteiger partial charge in [-0.25, -0.2) is 4.79 Å². The average molecular weight is 281 g/mol. The van der Waals surface area contributed by atoms with E-state index < -0.39 is 11.9 Å². The number of ether oxygens (including phenoxy) is 2. The van der Waals surface area contributed by atoms with Crippen LogP contribution in [0.25, 0.3) is 0 Å². The van der Waals surface area contributed by atoms with Gasteiger partial charge in [-0.15, -0.1) is 0 Å². The third-order valence-corrected chi connectivity index (χ3v) is 2.39. The molecule has 1 rings (SSSR count). The number of hydrogen-bond donors (Lipinski definition) is 3. The standard InChI is InChI=1S/C13H19N3O4/c1-19-7-6-15-8-10-4-2-3-5-11(10)20-9-12(17)16-13(14)18/h2-5,15H,6-9H2,1H3,(H3,14,16,17,18). The van der Waals surface area contributed by atoms with Crippen LogP contribution in [0.1, 0.15) is 5.56 Å². The number of methoxy groups -OCH3 is 1. The molecule has 0 bridgehead atoms. The van der Waals surface area contributed by atoms with Crippen molar-refractivity contribution in [2.75, 3.05) is 26.9 Å². The molecule has 0 unspecified atom stereocenters. The van der Waals surface area contributed by atoms with Crippen molar-refractivity contribution < 1.29 is 19.1 Å². The topological polar surface area (TPSA) is 103 Å². The summed E-state index contributed by atoms with van der Waals surface area (Å²) in [6.07, 6.45) is 0. The number of urea groups is 1. The summed E-state index contributed by atoms with van der Waals surface area (Å²) in [6, 6.07) is 6.43. The van der Waals surface area contributed by atoms with Gasteiger partial charge in [-0.3, -0.25) is 10.1 Å². The highest BCUT2D eigenvalue weighted by Gasteiger charge is 2.07. The van der Waals surface area contributed by atoms with Crippen molar-refractivity contribution in [3.05, 3.63) is 29.8 Å². The summed E-state index contributed by atoms with van der Waals surface area (Å²) in [5.41, 5.74) is 5.75. The van der Waals surface area contributed by atoms with Crippen molar-refractivity contribution in [3.8, 4) is 5.75 Å². The molecule has 0 aliphatic heterocycles. The molecule has 0 fully saturated rings. The smallest absolute Gasteiger partial charge is 0.318 e. The van der Waals surface area contributed by atoms with Gasteiger partial charge in [0.25, 0.3) is 5.91 Å². The number of carbonyl (C=O) groups is 2. The summed E-state index contributed by atoms with van der Waals surface area (Å²) in [7, 11) is 1.64. The summed E-state index contributed by atoms with van der Waals surface area (Å²) in [5.74, 6) is -0.00307. The molecule has 0 aromatic heterocycles. The summed E-state index contributed by atoms with van der Waals surface area (Å²) >= 11 is 0. The lowest BCUT2D eigenvalue weighted by Crippen LogP contribution is -2.38. The quantitative estimate of drug-likeness (QED) is 0.582. The highest BCUT2D eigenvalue weighted by atomic mass is 16.5. The van der Waals surface area contributed by atoms with E-state index in [9.17, 15) is 9.59 Å². The fourth-order valence-electron chi connectivity index (χ4n) is 1.50. The fourth-order valence-corrected chi connectivity index (χ4v) is 1.50. The first-order valence-corrected chi connectivity index (χ1v) is 6.13. The van der Waals surface area contributed by atoms with Crippen molar-refractivity contribution in [1.82, 2.24) is 10.6 Å². The summed E-state index contributed by atoms with van der Waals surface area (Å²) in [4.78, 5) is 21.8. The lowest BCUT2D eigenvalue weighted by molar-refractivity contribution is -0.121. The van der Waals surface area contributed by atoms with Gasteiger partial charge in [0.2, 0.25) is 0 Å². The van der Waals surface area contributed by atoms with E-state index in [1.807, 2.05) is 17.4 Å². The van der Waals surface area contributed by atoms with Crippen LogP contribution < -0.4 is 21.1 Å². The van der Waals surface area contributed by atoms with Crippen LogP contribution in [0, 0.1) is 0 Å². The predicted molar refractivity (Wildman–Crippen MR) is 73.2 cm³/mol. The fraction of sp³-hybridized carbons (Fsp3) is 0.385. The molecule has 0 aliphatic rings. The van der Waals surface area contributed by atoms with E-state index in [1.54, 1.807) is 19.2 Å². The number of imide groups is 1. The Morgan fingerprint density at radius 3 is 2.75 bits per heavy atom. The average Bonchev–Trinajstić information content (AvgIpc) is 2.41. The van der Waals surface area contributed by atoms with Crippen LogP contribution in [0.2, 0.25) is 0 Å². The molecular formula is C13H19N3O4. The van der Waals surface area contributed by atoms with Crippen molar-refractivity contribution in [3.63, 3.8) is 0 Å². The van der Waals surface area contributed by atoms with Crippen LogP contribution in [0.15, 0.2) is 24.3 Å². The summed E-state index contributed by atoms with van der Waals surface area (Å²) in [5, 5.41) is 5.12. The second kappa shape index (κ2) is 8.89. The van der Waals surface area contributed by atoms with Gasteiger partial charge >= 0.3 is 6.03 Å². The van der Waals surface area contributed by atoms with E-state index in [2.05, 4.69) is 5.32 Å². The molecule has 0 saturated carbocycles. The van der Waals surface area contributed by atoms with Crippen LogP contribution in [-0.2, 0) is 16.1 Å². The van der Waals surface area contributed by atoms with E-state index in [-0.39, 0.29) is 6.61 Å². The first-order chi connectivity index (χ1) is 9.63. The van der Waals surface area contributed by atoms with Crippen molar-refractivity contribution in [2.45, 2.75) is 6.54 Å². The number of hydrogen-bond acceptors (Lipinski definition) is 5. The van der Waals surface area contributed by atoms with Gasteiger partial charge in [0.15, 0.2) is 6.61 Å². The van der Waals surface area contributed by atoms with Gasteiger partial charge < -0.3 is 20.5 Å². The Balaban J connectivity index is 2.48. The minimum Gasteiger partial charge on any atom is -0.483 e. The zero-order valence-corrected chi connectivity index (χ0v) is 11.3. The molecule has 7 nitrogen and oxygen atoms in total.